The molecule has 21 heavy (non-hydrogen) atoms. The number of halogens is 1. The predicted octanol–water partition coefficient (Wildman–Crippen LogP) is 2.48. The Balaban J connectivity index is 1.67. The maximum absolute atomic E-state index is 12.0. The molecule has 6 nitrogen and oxygen atoms in total. The average Bonchev–Trinajstić information content (AvgIpc) is 3.00. The van der Waals surface area contributed by atoms with Crippen LogP contribution in [-0.2, 0) is 4.74 Å². The van der Waals surface area contributed by atoms with Crippen molar-refractivity contribution >= 4 is 29.3 Å². The molecule has 1 aromatic carbocycles. The third-order valence-corrected chi connectivity index (χ3v) is 4.12. The molecule has 2 saturated heterocycles. The standard InChI is InChI=1S/C14H15ClN2O4/c15-7-1-3-9(13(18)19)10(5-7)16-14(20)17-11-6-8-2-4-12(11)21-8/h1,3,5,8,11-12H,2,4,6H2,(H,18,19)(H2,16,17,20). The van der Waals surface area contributed by atoms with Crippen molar-refractivity contribution in [1.82, 2.24) is 5.32 Å². The van der Waals surface area contributed by atoms with Gasteiger partial charge in [0.25, 0.3) is 0 Å². The van der Waals surface area contributed by atoms with E-state index < -0.39 is 12.0 Å². The molecule has 0 aliphatic carbocycles. The van der Waals surface area contributed by atoms with Crippen molar-refractivity contribution in [2.75, 3.05) is 5.32 Å². The molecule has 3 atom stereocenters. The molecule has 3 rings (SSSR count). The van der Waals surface area contributed by atoms with Gasteiger partial charge in [0.2, 0.25) is 0 Å². The van der Waals surface area contributed by atoms with E-state index in [0.717, 1.165) is 19.3 Å². The average molecular weight is 311 g/mol. The molecule has 0 aromatic heterocycles. The van der Waals surface area contributed by atoms with Crippen LogP contribution in [0, 0.1) is 0 Å². The molecule has 3 unspecified atom stereocenters. The lowest BCUT2D eigenvalue weighted by atomic mass is 9.96. The number of carbonyl (C=O) groups excluding carboxylic acids is 1. The van der Waals surface area contributed by atoms with Crippen LogP contribution >= 0.6 is 11.6 Å². The Morgan fingerprint density at radius 1 is 1.33 bits per heavy atom. The fourth-order valence-electron chi connectivity index (χ4n) is 2.92. The van der Waals surface area contributed by atoms with Crippen molar-refractivity contribution in [3.8, 4) is 0 Å². The molecule has 112 valence electrons. The van der Waals surface area contributed by atoms with Gasteiger partial charge in [0, 0.05) is 5.02 Å². The second-order valence-electron chi connectivity index (χ2n) is 5.31. The summed E-state index contributed by atoms with van der Waals surface area (Å²) in [6.07, 6.45) is 3.11. The zero-order valence-electron chi connectivity index (χ0n) is 11.1. The number of carboxylic acid groups (broad SMARTS) is 1. The Kier molecular flexibility index (Phi) is 3.73. The first-order valence-electron chi connectivity index (χ1n) is 6.79. The van der Waals surface area contributed by atoms with Crippen LogP contribution in [0.25, 0.3) is 0 Å². The van der Waals surface area contributed by atoms with E-state index in [2.05, 4.69) is 10.6 Å². The van der Waals surface area contributed by atoms with Gasteiger partial charge in [-0.05, 0) is 37.5 Å². The quantitative estimate of drug-likeness (QED) is 0.800. The molecule has 2 aliphatic rings. The number of amides is 2. The fourth-order valence-corrected chi connectivity index (χ4v) is 3.10. The lowest BCUT2D eigenvalue weighted by Crippen LogP contribution is -2.43. The molecule has 7 heteroatoms. The molecule has 0 saturated carbocycles. The Hall–Kier alpha value is -1.79. The van der Waals surface area contributed by atoms with E-state index in [1.54, 1.807) is 0 Å². The Morgan fingerprint density at radius 3 is 2.76 bits per heavy atom. The zero-order chi connectivity index (χ0) is 15.0. The van der Waals surface area contributed by atoms with Gasteiger partial charge in [0.05, 0.1) is 29.5 Å². The Labute approximate surface area is 126 Å². The van der Waals surface area contributed by atoms with Crippen LogP contribution in [0.5, 0.6) is 0 Å². The summed E-state index contributed by atoms with van der Waals surface area (Å²) < 4.78 is 5.66. The van der Waals surface area contributed by atoms with Gasteiger partial charge in [0.15, 0.2) is 0 Å². The predicted molar refractivity (Wildman–Crippen MR) is 76.9 cm³/mol. The summed E-state index contributed by atoms with van der Waals surface area (Å²) in [4.78, 5) is 23.1. The van der Waals surface area contributed by atoms with E-state index in [0.29, 0.717) is 5.02 Å². The monoisotopic (exact) mass is 310 g/mol. The van der Waals surface area contributed by atoms with Crippen molar-refractivity contribution in [2.24, 2.45) is 0 Å². The molecule has 3 N–H and O–H groups in total. The van der Waals surface area contributed by atoms with E-state index in [1.807, 2.05) is 0 Å². The molecule has 2 bridgehead atoms. The number of carbonyl (C=O) groups is 2. The summed E-state index contributed by atoms with van der Waals surface area (Å²) in [5.74, 6) is -1.12. The highest BCUT2D eigenvalue weighted by molar-refractivity contribution is 6.31. The second-order valence-corrected chi connectivity index (χ2v) is 5.75. The highest BCUT2D eigenvalue weighted by atomic mass is 35.5. The molecule has 2 amide bonds. The van der Waals surface area contributed by atoms with E-state index in [1.165, 1.54) is 18.2 Å². The lowest BCUT2D eigenvalue weighted by molar-refractivity contribution is 0.0698. The highest BCUT2D eigenvalue weighted by Gasteiger charge is 2.41. The molecule has 2 fully saturated rings. The number of hydrogen-bond acceptors (Lipinski definition) is 3. The lowest BCUT2D eigenvalue weighted by Gasteiger charge is -2.20. The van der Waals surface area contributed by atoms with Crippen LogP contribution in [0.1, 0.15) is 29.6 Å². The summed E-state index contributed by atoms with van der Waals surface area (Å²) in [5, 5.41) is 14.8. The molecular formula is C14H15ClN2O4. The largest absolute Gasteiger partial charge is 0.478 e. The summed E-state index contributed by atoms with van der Waals surface area (Å²) >= 11 is 5.84. The minimum atomic E-state index is -1.12. The highest BCUT2D eigenvalue weighted by Crippen LogP contribution is 2.34. The number of anilines is 1. The van der Waals surface area contributed by atoms with Gasteiger partial charge in [-0.15, -0.1) is 0 Å². The van der Waals surface area contributed by atoms with Gasteiger partial charge >= 0.3 is 12.0 Å². The number of fused-ring (bicyclic) bond motifs is 2. The zero-order valence-corrected chi connectivity index (χ0v) is 11.9. The summed E-state index contributed by atoms with van der Waals surface area (Å²) in [5.41, 5.74) is 0.176. The molecule has 1 aromatic rings. The van der Waals surface area contributed by atoms with Crippen molar-refractivity contribution in [2.45, 2.75) is 37.5 Å². The number of hydrogen-bond donors (Lipinski definition) is 3. The molecule has 0 radical (unpaired) electrons. The number of urea groups is 1. The maximum Gasteiger partial charge on any atom is 0.337 e. The van der Waals surface area contributed by atoms with Crippen LogP contribution in [-0.4, -0.2) is 35.4 Å². The third kappa shape index (κ3) is 2.96. The van der Waals surface area contributed by atoms with Crippen LogP contribution in [0.3, 0.4) is 0 Å². The van der Waals surface area contributed by atoms with Crippen LogP contribution in [0.15, 0.2) is 18.2 Å². The number of carboxylic acids is 1. The van der Waals surface area contributed by atoms with Gasteiger partial charge in [-0.1, -0.05) is 11.6 Å². The first kappa shape index (κ1) is 14.2. The normalized spacial score (nSPS) is 26.6. The van der Waals surface area contributed by atoms with Crippen molar-refractivity contribution in [3.63, 3.8) is 0 Å². The first-order valence-corrected chi connectivity index (χ1v) is 7.16. The minimum absolute atomic E-state index is 0.00116. The van der Waals surface area contributed by atoms with E-state index in [9.17, 15) is 9.59 Å². The smallest absolute Gasteiger partial charge is 0.337 e. The topological polar surface area (TPSA) is 87.7 Å². The van der Waals surface area contributed by atoms with Crippen molar-refractivity contribution in [3.05, 3.63) is 28.8 Å². The Morgan fingerprint density at radius 2 is 2.14 bits per heavy atom. The fraction of sp³-hybridized carbons (Fsp3) is 0.429. The number of aromatic carboxylic acids is 1. The van der Waals surface area contributed by atoms with Gasteiger partial charge < -0.3 is 20.5 Å². The van der Waals surface area contributed by atoms with Crippen molar-refractivity contribution in [1.29, 1.82) is 0 Å². The number of benzene rings is 1. The first-order chi connectivity index (χ1) is 10.0. The SMILES string of the molecule is O=C(Nc1cc(Cl)ccc1C(=O)O)NC1CC2CCC1O2. The van der Waals surface area contributed by atoms with Crippen LogP contribution < -0.4 is 10.6 Å². The van der Waals surface area contributed by atoms with Crippen molar-refractivity contribution < 1.29 is 19.4 Å². The Bertz CT molecular complexity index is 592. The van der Waals surface area contributed by atoms with Gasteiger partial charge in [0.1, 0.15) is 0 Å². The maximum atomic E-state index is 12.0. The second kappa shape index (κ2) is 5.54. The van der Waals surface area contributed by atoms with Gasteiger partial charge in [-0.25, -0.2) is 9.59 Å². The van der Waals surface area contributed by atoms with E-state index in [4.69, 9.17) is 21.4 Å². The summed E-state index contributed by atoms with van der Waals surface area (Å²) in [7, 11) is 0. The summed E-state index contributed by atoms with van der Waals surface area (Å²) in [6.45, 7) is 0. The number of ether oxygens (including phenoxy) is 1. The molecule has 0 spiro atoms. The van der Waals surface area contributed by atoms with Gasteiger partial charge in [-0.2, -0.15) is 0 Å². The molecule has 2 heterocycles. The van der Waals surface area contributed by atoms with E-state index >= 15 is 0 Å². The van der Waals surface area contributed by atoms with Crippen LogP contribution in [0.2, 0.25) is 5.02 Å². The third-order valence-electron chi connectivity index (χ3n) is 3.88. The van der Waals surface area contributed by atoms with E-state index in [-0.39, 0.29) is 29.5 Å². The number of rotatable bonds is 3. The minimum Gasteiger partial charge on any atom is -0.478 e. The number of nitrogens with one attached hydrogen (secondary N) is 2. The van der Waals surface area contributed by atoms with Gasteiger partial charge in [-0.3, -0.25) is 0 Å². The molecule has 2 aliphatic heterocycles. The van der Waals surface area contributed by atoms with Crippen LogP contribution in [0.4, 0.5) is 10.5 Å². The summed E-state index contributed by atoms with van der Waals surface area (Å²) in [6, 6.07) is 3.79. The molecular weight excluding hydrogens is 296 g/mol.